The average Bonchev–Trinajstić information content (AvgIpc) is 2.39. The van der Waals surface area contributed by atoms with E-state index in [0.717, 1.165) is 0 Å². The van der Waals surface area contributed by atoms with Crippen LogP contribution in [0.5, 0.6) is 0 Å². The van der Waals surface area contributed by atoms with Gasteiger partial charge in [0.05, 0.1) is 12.7 Å². The van der Waals surface area contributed by atoms with Crippen LogP contribution in [0.3, 0.4) is 0 Å². The fraction of sp³-hybridized carbons (Fsp3) is 0.308. The summed E-state index contributed by atoms with van der Waals surface area (Å²) in [6, 6.07) is 3.12. The van der Waals surface area contributed by atoms with Crippen LogP contribution in [0.15, 0.2) is 18.2 Å². The van der Waals surface area contributed by atoms with Crippen molar-refractivity contribution in [1.29, 1.82) is 0 Å². The molecule has 1 rings (SSSR count). The predicted octanol–water partition coefficient (Wildman–Crippen LogP) is 1.38. The third-order valence-electron chi connectivity index (χ3n) is 2.71. The number of hydrogen-bond donors (Lipinski definition) is 3. The zero-order valence-electron chi connectivity index (χ0n) is 11.4. The Hall–Kier alpha value is -2.57. The van der Waals surface area contributed by atoms with Gasteiger partial charge >= 0.3 is 18.0 Å². The van der Waals surface area contributed by atoms with Crippen molar-refractivity contribution in [2.24, 2.45) is 0 Å². The number of carbonyl (C=O) groups excluding carboxylic acids is 2. The summed E-state index contributed by atoms with van der Waals surface area (Å²) in [5.41, 5.74) is 0.893. The number of amides is 2. The molecule has 0 aliphatic carbocycles. The molecule has 2 amide bonds. The molecule has 0 fully saturated rings. The first-order valence-electron chi connectivity index (χ1n) is 5.85. The lowest BCUT2D eigenvalue weighted by atomic mass is 10.1. The molecule has 1 atom stereocenters. The second kappa shape index (κ2) is 6.55. The smallest absolute Gasteiger partial charge is 0.336 e. The standard InChI is InChI=1S/C13H16N2O5/c1-7-9(11(16)17)5-4-6-10(7)15-13(19)14-8(2)12(18)20-3/h4-6,8H,1-3H3,(H,16,17)(H2,14,15,19). The molecule has 1 aromatic rings. The summed E-state index contributed by atoms with van der Waals surface area (Å²) in [4.78, 5) is 33.8. The zero-order valence-corrected chi connectivity index (χ0v) is 11.4. The van der Waals surface area contributed by atoms with Crippen LogP contribution in [0.4, 0.5) is 10.5 Å². The molecule has 0 heterocycles. The number of esters is 1. The summed E-state index contributed by atoms with van der Waals surface area (Å²) in [6.07, 6.45) is 0. The molecule has 0 bridgehead atoms. The Morgan fingerprint density at radius 2 is 1.95 bits per heavy atom. The van der Waals surface area contributed by atoms with Crippen LogP contribution < -0.4 is 10.6 Å². The van der Waals surface area contributed by atoms with Gasteiger partial charge in [0.15, 0.2) is 0 Å². The third kappa shape index (κ3) is 3.71. The lowest BCUT2D eigenvalue weighted by Crippen LogP contribution is -2.41. The molecule has 0 spiro atoms. The van der Waals surface area contributed by atoms with E-state index in [9.17, 15) is 14.4 Å². The molecule has 0 saturated heterocycles. The molecule has 0 aromatic heterocycles. The molecular formula is C13H16N2O5. The van der Waals surface area contributed by atoms with Gasteiger partial charge in [-0.1, -0.05) is 6.07 Å². The number of carboxylic acids is 1. The van der Waals surface area contributed by atoms with Crippen molar-refractivity contribution in [1.82, 2.24) is 5.32 Å². The summed E-state index contributed by atoms with van der Waals surface area (Å²) >= 11 is 0. The van der Waals surface area contributed by atoms with Crippen molar-refractivity contribution in [2.75, 3.05) is 12.4 Å². The van der Waals surface area contributed by atoms with Crippen LogP contribution in [-0.2, 0) is 9.53 Å². The maximum absolute atomic E-state index is 11.7. The maximum Gasteiger partial charge on any atom is 0.336 e. The van der Waals surface area contributed by atoms with E-state index in [4.69, 9.17) is 5.11 Å². The van der Waals surface area contributed by atoms with E-state index in [-0.39, 0.29) is 5.56 Å². The number of nitrogens with one attached hydrogen (secondary N) is 2. The highest BCUT2D eigenvalue weighted by Gasteiger charge is 2.17. The number of benzene rings is 1. The minimum Gasteiger partial charge on any atom is -0.478 e. The van der Waals surface area contributed by atoms with Gasteiger partial charge in [-0.2, -0.15) is 0 Å². The Kier molecular flexibility index (Phi) is 5.08. The summed E-state index contributed by atoms with van der Waals surface area (Å²) in [5, 5.41) is 13.9. The lowest BCUT2D eigenvalue weighted by molar-refractivity contribution is -0.142. The normalized spacial score (nSPS) is 11.3. The van der Waals surface area contributed by atoms with Crippen LogP contribution in [-0.4, -0.2) is 36.2 Å². The van der Waals surface area contributed by atoms with E-state index in [2.05, 4.69) is 15.4 Å². The number of urea groups is 1. The highest BCUT2D eigenvalue weighted by molar-refractivity contribution is 5.96. The van der Waals surface area contributed by atoms with Crippen molar-refractivity contribution in [3.05, 3.63) is 29.3 Å². The van der Waals surface area contributed by atoms with Gasteiger partial charge in [-0.05, 0) is 31.5 Å². The van der Waals surface area contributed by atoms with Crippen molar-refractivity contribution < 1.29 is 24.2 Å². The van der Waals surface area contributed by atoms with Gasteiger partial charge in [-0.15, -0.1) is 0 Å². The molecule has 0 saturated carbocycles. The van der Waals surface area contributed by atoms with Crippen LogP contribution in [0.1, 0.15) is 22.8 Å². The first-order valence-corrected chi connectivity index (χ1v) is 5.85. The van der Waals surface area contributed by atoms with Gasteiger partial charge in [0.2, 0.25) is 0 Å². The van der Waals surface area contributed by atoms with E-state index in [1.165, 1.54) is 26.2 Å². The number of rotatable bonds is 4. The highest BCUT2D eigenvalue weighted by atomic mass is 16.5. The molecule has 108 valence electrons. The highest BCUT2D eigenvalue weighted by Crippen LogP contribution is 2.18. The molecule has 1 aromatic carbocycles. The number of aromatic carboxylic acids is 1. The van der Waals surface area contributed by atoms with Gasteiger partial charge < -0.3 is 20.5 Å². The van der Waals surface area contributed by atoms with E-state index < -0.39 is 24.0 Å². The molecule has 3 N–H and O–H groups in total. The van der Waals surface area contributed by atoms with E-state index in [0.29, 0.717) is 11.3 Å². The predicted molar refractivity (Wildman–Crippen MR) is 71.8 cm³/mol. The number of carbonyl (C=O) groups is 3. The lowest BCUT2D eigenvalue weighted by Gasteiger charge is -2.14. The van der Waals surface area contributed by atoms with E-state index >= 15 is 0 Å². The summed E-state index contributed by atoms with van der Waals surface area (Å²) in [7, 11) is 1.22. The van der Waals surface area contributed by atoms with Crippen LogP contribution in [0.2, 0.25) is 0 Å². The quantitative estimate of drug-likeness (QED) is 0.723. The number of methoxy groups -OCH3 is 1. The minimum atomic E-state index is -1.07. The Labute approximate surface area is 115 Å². The van der Waals surface area contributed by atoms with Gasteiger partial charge in [0.1, 0.15) is 6.04 Å². The second-order valence-corrected chi connectivity index (χ2v) is 4.13. The molecule has 7 nitrogen and oxygen atoms in total. The average molecular weight is 280 g/mol. The van der Waals surface area contributed by atoms with E-state index in [1.807, 2.05) is 0 Å². The first-order chi connectivity index (χ1) is 9.36. The van der Waals surface area contributed by atoms with Crippen LogP contribution in [0.25, 0.3) is 0 Å². The van der Waals surface area contributed by atoms with Crippen molar-refractivity contribution in [3.63, 3.8) is 0 Å². The van der Waals surface area contributed by atoms with Crippen molar-refractivity contribution >= 4 is 23.7 Å². The molecule has 0 aliphatic rings. The fourth-order valence-corrected chi connectivity index (χ4v) is 1.59. The topological polar surface area (TPSA) is 105 Å². The Balaban J connectivity index is 2.79. The molecule has 0 aliphatic heterocycles. The molecule has 7 heteroatoms. The molecule has 20 heavy (non-hydrogen) atoms. The number of hydrogen-bond acceptors (Lipinski definition) is 4. The minimum absolute atomic E-state index is 0.101. The summed E-state index contributed by atoms with van der Waals surface area (Å²) in [5.74, 6) is -1.65. The van der Waals surface area contributed by atoms with Gasteiger partial charge in [0, 0.05) is 5.69 Å². The van der Waals surface area contributed by atoms with Crippen LogP contribution in [0, 0.1) is 6.92 Å². The Morgan fingerprint density at radius 3 is 2.50 bits per heavy atom. The van der Waals surface area contributed by atoms with Crippen LogP contribution >= 0.6 is 0 Å². The number of carboxylic acid groups (broad SMARTS) is 1. The van der Waals surface area contributed by atoms with E-state index in [1.54, 1.807) is 13.0 Å². The Morgan fingerprint density at radius 1 is 1.30 bits per heavy atom. The Bertz CT molecular complexity index is 542. The largest absolute Gasteiger partial charge is 0.478 e. The molecule has 1 unspecified atom stereocenters. The monoisotopic (exact) mass is 280 g/mol. The van der Waals surface area contributed by atoms with Gasteiger partial charge in [-0.3, -0.25) is 0 Å². The van der Waals surface area contributed by atoms with Crippen molar-refractivity contribution in [2.45, 2.75) is 19.9 Å². The zero-order chi connectivity index (χ0) is 15.3. The SMILES string of the molecule is COC(=O)C(C)NC(=O)Nc1cccc(C(=O)O)c1C. The van der Waals surface area contributed by atoms with Gasteiger partial charge in [-0.25, -0.2) is 14.4 Å². The number of anilines is 1. The van der Waals surface area contributed by atoms with Gasteiger partial charge in [0.25, 0.3) is 0 Å². The van der Waals surface area contributed by atoms with Crippen molar-refractivity contribution in [3.8, 4) is 0 Å². The molecular weight excluding hydrogens is 264 g/mol. The maximum atomic E-state index is 11.7. The molecule has 0 radical (unpaired) electrons. The second-order valence-electron chi connectivity index (χ2n) is 4.13. The number of ether oxygens (including phenoxy) is 1. The third-order valence-corrected chi connectivity index (χ3v) is 2.71. The fourth-order valence-electron chi connectivity index (χ4n) is 1.59. The summed E-state index contributed by atoms with van der Waals surface area (Å²) in [6.45, 7) is 3.06. The first kappa shape index (κ1) is 15.5. The summed E-state index contributed by atoms with van der Waals surface area (Å²) < 4.78 is 4.48.